The lowest BCUT2D eigenvalue weighted by Gasteiger charge is -2.27. The molecule has 1 unspecified atom stereocenters. The maximum Gasteiger partial charge on any atom is 0.166 e. The maximum absolute atomic E-state index is 15.0. The number of Topliss-reactive ketones (excluding diaryl/α,β-unsaturated/α-hetero) is 1. The van der Waals surface area contributed by atoms with Crippen molar-refractivity contribution in [2.45, 2.75) is 31.9 Å². The van der Waals surface area contributed by atoms with Crippen LogP contribution in [0, 0.1) is 23.1 Å². The molecule has 4 rings (SSSR count). The van der Waals surface area contributed by atoms with E-state index in [0.29, 0.717) is 37.6 Å². The molecular formula is C26H31FN4O2. The molecule has 0 aliphatic carbocycles. The zero-order valence-electron chi connectivity index (χ0n) is 19.2. The maximum atomic E-state index is 15.0. The average Bonchev–Trinajstić information content (AvgIpc) is 3.03. The first-order valence-corrected chi connectivity index (χ1v) is 11.6. The molecule has 2 aromatic rings. The molecule has 0 spiro atoms. The van der Waals surface area contributed by atoms with Crippen molar-refractivity contribution in [1.82, 2.24) is 10.6 Å². The standard InChI is InChI=1S/C26H31FN4O2/c1-17-13-29-14-22(33-16-17)15-30-21(12-28)9-20-4-3-18(10-24(20)27)19-5-6-23-25(11-19)31(2)8-7-26(23)32/h3-6,10-11,17,21-22,29-30H,7-9,13-16H2,1-2H3/t17-,21-,22?/m0/s1. The van der Waals surface area contributed by atoms with Gasteiger partial charge in [0, 0.05) is 50.8 Å². The normalized spacial score (nSPS) is 21.8. The number of rotatable bonds is 6. The fraction of sp³-hybridized carbons (Fsp3) is 0.462. The van der Waals surface area contributed by atoms with Crippen molar-refractivity contribution in [3.8, 4) is 17.2 Å². The summed E-state index contributed by atoms with van der Waals surface area (Å²) < 4.78 is 20.8. The third-order valence-corrected chi connectivity index (χ3v) is 6.42. The van der Waals surface area contributed by atoms with Gasteiger partial charge in [0.15, 0.2) is 5.78 Å². The van der Waals surface area contributed by atoms with Crippen molar-refractivity contribution < 1.29 is 13.9 Å². The van der Waals surface area contributed by atoms with E-state index in [0.717, 1.165) is 35.5 Å². The van der Waals surface area contributed by atoms with Crippen LogP contribution < -0.4 is 15.5 Å². The summed E-state index contributed by atoms with van der Waals surface area (Å²) >= 11 is 0. The van der Waals surface area contributed by atoms with Gasteiger partial charge in [-0.15, -0.1) is 0 Å². The van der Waals surface area contributed by atoms with Crippen LogP contribution in [0.2, 0.25) is 0 Å². The van der Waals surface area contributed by atoms with Gasteiger partial charge in [-0.1, -0.05) is 25.1 Å². The SMILES string of the molecule is C[C@H]1CNCC(CN[C@H](C#N)Cc2ccc(-c3ccc4c(c3)N(C)CCC4=O)cc2F)OC1. The molecule has 0 amide bonds. The molecule has 1 fully saturated rings. The van der Waals surface area contributed by atoms with Crippen molar-refractivity contribution in [2.24, 2.45) is 5.92 Å². The van der Waals surface area contributed by atoms with E-state index in [1.54, 1.807) is 6.07 Å². The Morgan fingerprint density at radius 1 is 1.27 bits per heavy atom. The van der Waals surface area contributed by atoms with Crippen molar-refractivity contribution in [3.05, 3.63) is 53.3 Å². The molecule has 6 nitrogen and oxygen atoms in total. The van der Waals surface area contributed by atoms with Crippen LogP contribution in [0.3, 0.4) is 0 Å². The van der Waals surface area contributed by atoms with E-state index in [1.807, 2.05) is 31.3 Å². The molecule has 174 valence electrons. The number of fused-ring (bicyclic) bond motifs is 1. The number of nitriles is 1. The first-order valence-electron chi connectivity index (χ1n) is 11.6. The van der Waals surface area contributed by atoms with Gasteiger partial charge in [0.25, 0.3) is 0 Å². The van der Waals surface area contributed by atoms with Crippen LogP contribution >= 0.6 is 0 Å². The summed E-state index contributed by atoms with van der Waals surface area (Å²) in [6.07, 6.45) is 0.788. The van der Waals surface area contributed by atoms with Gasteiger partial charge in [-0.3, -0.25) is 10.1 Å². The number of ketones is 1. The van der Waals surface area contributed by atoms with Crippen molar-refractivity contribution in [2.75, 3.05) is 44.7 Å². The fourth-order valence-corrected chi connectivity index (χ4v) is 4.38. The smallest absolute Gasteiger partial charge is 0.166 e. The molecule has 2 aliphatic rings. The van der Waals surface area contributed by atoms with E-state index in [4.69, 9.17) is 4.74 Å². The largest absolute Gasteiger partial charge is 0.375 e. The lowest BCUT2D eigenvalue weighted by molar-refractivity contribution is 0.0513. The second kappa shape index (κ2) is 10.4. The van der Waals surface area contributed by atoms with E-state index in [2.05, 4.69) is 28.5 Å². The average molecular weight is 451 g/mol. The van der Waals surface area contributed by atoms with Gasteiger partial charge >= 0.3 is 0 Å². The molecule has 0 saturated carbocycles. The summed E-state index contributed by atoms with van der Waals surface area (Å²) in [5, 5.41) is 16.2. The van der Waals surface area contributed by atoms with Gasteiger partial charge in [0.1, 0.15) is 5.82 Å². The van der Waals surface area contributed by atoms with E-state index in [-0.39, 0.29) is 24.1 Å². The summed E-state index contributed by atoms with van der Waals surface area (Å²) in [5.74, 6) is 0.272. The topological polar surface area (TPSA) is 77.4 Å². The van der Waals surface area contributed by atoms with E-state index < -0.39 is 6.04 Å². The monoisotopic (exact) mass is 450 g/mol. The van der Waals surface area contributed by atoms with Crippen molar-refractivity contribution in [1.29, 1.82) is 5.26 Å². The Morgan fingerprint density at radius 2 is 2.06 bits per heavy atom. The minimum Gasteiger partial charge on any atom is -0.375 e. The first kappa shape index (κ1) is 23.4. The van der Waals surface area contributed by atoms with Gasteiger partial charge < -0.3 is 15.0 Å². The number of benzene rings is 2. The van der Waals surface area contributed by atoms with E-state index in [1.165, 1.54) is 6.07 Å². The second-order valence-corrected chi connectivity index (χ2v) is 9.15. The highest BCUT2D eigenvalue weighted by molar-refractivity contribution is 6.04. The molecule has 0 bridgehead atoms. The van der Waals surface area contributed by atoms with Crippen molar-refractivity contribution in [3.63, 3.8) is 0 Å². The number of carbonyl (C=O) groups is 1. The van der Waals surface area contributed by atoms with Crippen LogP contribution in [0.5, 0.6) is 0 Å². The third-order valence-electron chi connectivity index (χ3n) is 6.42. The lowest BCUT2D eigenvalue weighted by Crippen LogP contribution is -2.40. The summed E-state index contributed by atoms with van der Waals surface area (Å²) in [7, 11) is 1.96. The number of hydrogen-bond acceptors (Lipinski definition) is 6. The van der Waals surface area contributed by atoms with Gasteiger partial charge in [-0.2, -0.15) is 5.26 Å². The van der Waals surface area contributed by atoms with Crippen LogP contribution in [0.25, 0.3) is 11.1 Å². The fourth-order valence-electron chi connectivity index (χ4n) is 4.38. The van der Waals surface area contributed by atoms with Crippen molar-refractivity contribution >= 4 is 11.5 Å². The van der Waals surface area contributed by atoms with Crippen LogP contribution in [-0.4, -0.2) is 57.8 Å². The zero-order valence-corrected chi connectivity index (χ0v) is 19.2. The van der Waals surface area contributed by atoms with Gasteiger partial charge in [-0.25, -0.2) is 4.39 Å². The third kappa shape index (κ3) is 5.59. The minimum absolute atomic E-state index is 0.00737. The molecule has 2 aliphatic heterocycles. The molecule has 3 atom stereocenters. The highest BCUT2D eigenvalue weighted by Gasteiger charge is 2.22. The Morgan fingerprint density at radius 3 is 2.85 bits per heavy atom. The molecular weight excluding hydrogens is 419 g/mol. The predicted molar refractivity (Wildman–Crippen MR) is 127 cm³/mol. The molecule has 2 aromatic carbocycles. The Kier molecular flexibility index (Phi) is 7.39. The van der Waals surface area contributed by atoms with Crippen LogP contribution in [0.4, 0.5) is 10.1 Å². The highest BCUT2D eigenvalue weighted by atomic mass is 19.1. The molecule has 0 radical (unpaired) electrons. The molecule has 0 aromatic heterocycles. The Hall–Kier alpha value is -2.79. The van der Waals surface area contributed by atoms with Gasteiger partial charge in [0.05, 0.1) is 24.8 Å². The number of carbonyl (C=O) groups excluding carboxylic acids is 1. The number of ether oxygens (including phenoxy) is 1. The molecule has 2 N–H and O–H groups in total. The summed E-state index contributed by atoms with van der Waals surface area (Å²) in [5.41, 5.74) is 3.71. The number of halogens is 1. The number of nitrogens with zero attached hydrogens (tertiary/aromatic N) is 2. The van der Waals surface area contributed by atoms with Crippen LogP contribution in [0.15, 0.2) is 36.4 Å². The molecule has 33 heavy (non-hydrogen) atoms. The predicted octanol–water partition coefficient (Wildman–Crippen LogP) is 3.16. The zero-order chi connectivity index (χ0) is 23.4. The molecule has 1 saturated heterocycles. The number of nitrogens with one attached hydrogen (secondary N) is 2. The molecule has 2 heterocycles. The molecule has 7 heteroatoms. The highest BCUT2D eigenvalue weighted by Crippen LogP contribution is 2.32. The van der Waals surface area contributed by atoms with Gasteiger partial charge in [-0.05, 0) is 47.4 Å². The summed E-state index contributed by atoms with van der Waals surface area (Å²) in [6.45, 7) is 5.71. The van der Waals surface area contributed by atoms with Crippen LogP contribution in [-0.2, 0) is 11.2 Å². The first-order chi connectivity index (χ1) is 15.9. The second-order valence-electron chi connectivity index (χ2n) is 9.15. The Balaban J connectivity index is 1.42. The number of hydrogen-bond donors (Lipinski definition) is 2. The van der Waals surface area contributed by atoms with E-state index >= 15 is 0 Å². The quantitative estimate of drug-likeness (QED) is 0.704. The summed E-state index contributed by atoms with van der Waals surface area (Å²) in [4.78, 5) is 14.2. The lowest BCUT2D eigenvalue weighted by atomic mass is 9.95. The Bertz CT molecular complexity index is 1050. The number of anilines is 1. The Labute approximate surface area is 194 Å². The van der Waals surface area contributed by atoms with Crippen LogP contribution in [0.1, 0.15) is 29.3 Å². The van der Waals surface area contributed by atoms with Gasteiger partial charge in [0.2, 0.25) is 0 Å². The summed E-state index contributed by atoms with van der Waals surface area (Å²) in [6, 6.07) is 12.5. The minimum atomic E-state index is -0.502. The van der Waals surface area contributed by atoms with E-state index in [9.17, 15) is 14.4 Å².